The summed E-state index contributed by atoms with van der Waals surface area (Å²) in [7, 11) is 0. The van der Waals surface area contributed by atoms with Gasteiger partial charge in [0.15, 0.2) is 0 Å². The smallest absolute Gasteiger partial charge is 0.145 e. The average Bonchev–Trinajstić information content (AvgIpc) is 2.43. The fourth-order valence-electron chi connectivity index (χ4n) is 1.92. The molecular weight excluding hydrogens is 224 g/mol. The molecule has 3 heteroatoms. The highest BCUT2D eigenvalue weighted by atomic mass is 16.5. The van der Waals surface area contributed by atoms with E-state index >= 15 is 0 Å². The molecule has 18 heavy (non-hydrogen) atoms. The van der Waals surface area contributed by atoms with Crippen LogP contribution in [0.15, 0.2) is 36.5 Å². The monoisotopic (exact) mass is 244 g/mol. The van der Waals surface area contributed by atoms with E-state index in [0.29, 0.717) is 12.6 Å². The van der Waals surface area contributed by atoms with Crippen molar-refractivity contribution >= 4 is 10.9 Å². The molecular formula is C15H20N2O. The minimum Gasteiger partial charge on any atom is -0.491 e. The number of aromatic nitrogens is 1. The lowest BCUT2D eigenvalue weighted by Crippen LogP contribution is -2.19. The van der Waals surface area contributed by atoms with Gasteiger partial charge < -0.3 is 10.5 Å². The fourth-order valence-corrected chi connectivity index (χ4v) is 1.92. The number of nitrogens with zero attached hydrogens (tertiary/aromatic N) is 1. The van der Waals surface area contributed by atoms with Crippen LogP contribution in [0.25, 0.3) is 10.9 Å². The molecule has 1 aromatic carbocycles. The normalized spacial score (nSPS) is 12.6. The summed E-state index contributed by atoms with van der Waals surface area (Å²) in [4.78, 5) is 4.36. The Morgan fingerprint density at radius 1 is 1.28 bits per heavy atom. The highest BCUT2D eigenvalue weighted by molar-refractivity contribution is 5.84. The van der Waals surface area contributed by atoms with Crippen LogP contribution in [0.4, 0.5) is 0 Å². The molecule has 0 saturated heterocycles. The molecule has 0 aliphatic heterocycles. The number of rotatable bonds is 6. The first kappa shape index (κ1) is 12.8. The molecule has 0 spiro atoms. The van der Waals surface area contributed by atoms with Crippen LogP contribution in [-0.2, 0) is 0 Å². The van der Waals surface area contributed by atoms with E-state index in [1.165, 1.54) is 0 Å². The largest absolute Gasteiger partial charge is 0.491 e. The maximum Gasteiger partial charge on any atom is 0.145 e. The Hall–Kier alpha value is -1.61. The topological polar surface area (TPSA) is 48.1 Å². The molecule has 0 saturated carbocycles. The van der Waals surface area contributed by atoms with Crippen LogP contribution in [0.5, 0.6) is 5.75 Å². The summed E-state index contributed by atoms with van der Waals surface area (Å²) in [6, 6.07) is 10.3. The second-order valence-corrected chi connectivity index (χ2v) is 4.49. The van der Waals surface area contributed by atoms with Gasteiger partial charge in [-0.3, -0.25) is 4.98 Å². The molecule has 1 unspecified atom stereocenters. The predicted octanol–water partition coefficient (Wildman–Crippen LogP) is 3.13. The van der Waals surface area contributed by atoms with E-state index in [9.17, 15) is 0 Å². The molecule has 2 N–H and O–H groups in total. The molecule has 0 amide bonds. The number of nitrogens with two attached hydrogens (primary N) is 1. The van der Waals surface area contributed by atoms with Gasteiger partial charge in [-0.2, -0.15) is 0 Å². The van der Waals surface area contributed by atoms with Crippen LogP contribution in [0.3, 0.4) is 0 Å². The highest BCUT2D eigenvalue weighted by Crippen LogP contribution is 2.23. The third kappa shape index (κ3) is 3.20. The fraction of sp³-hybridized carbons (Fsp3) is 0.400. The number of hydrogen-bond donors (Lipinski definition) is 1. The SMILES string of the molecule is CCC(N)CCCOc1cccc2cccnc12. The summed E-state index contributed by atoms with van der Waals surface area (Å²) in [6.07, 6.45) is 4.81. The standard InChI is InChI=1S/C15H20N2O/c1-2-13(16)8-5-11-18-14-9-3-6-12-7-4-10-17-15(12)14/h3-4,6-7,9-10,13H,2,5,8,11,16H2,1H3. The van der Waals surface area contributed by atoms with Gasteiger partial charge in [0.25, 0.3) is 0 Å². The van der Waals surface area contributed by atoms with Gasteiger partial charge in [-0.15, -0.1) is 0 Å². The average molecular weight is 244 g/mol. The van der Waals surface area contributed by atoms with Crippen molar-refractivity contribution in [2.24, 2.45) is 5.73 Å². The highest BCUT2D eigenvalue weighted by Gasteiger charge is 2.03. The summed E-state index contributed by atoms with van der Waals surface area (Å²) in [5, 5.41) is 1.11. The van der Waals surface area contributed by atoms with Crippen molar-refractivity contribution in [2.75, 3.05) is 6.61 Å². The van der Waals surface area contributed by atoms with Crippen molar-refractivity contribution in [1.82, 2.24) is 4.98 Å². The lowest BCUT2D eigenvalue weighted by molar-refractivity contribution is 0.303. The summed E-state index contributed by atoms with van der Waals surface area (Å²) < 4.78 is 5.80. The molecule has 0 aliphatic carbocycles. The van der Waals surface area contributed by atoms with Crippen molar-refractivity contribution in [1.29, 1.82) is 0 Å². The van der Waals surface area contributed by atoms with E-state index in [-0.39, 0.29) is 0 Å². The van der Waals surface area contributed by atoms with Crippen molar-refractivity contribution in [2.45, 2.75) is 32.2 Å². The van der Waals surface area contributed by atoms with E-state index in [1.54, 1.807) is 6.20 Å². The second kappa shape index (κ2) is 6.36. The predicted molar refractivity (Wildman–Crippen MR) is 74.7 cm³/mol. The number of benzene rings is 1. The first-order chi connectivity index (χ1) is 8.81. The Balaban J connectivity index is 1.95. The molecule has 0 radical (unpaired) electrons. The van der Waals surface area contributed by atoms with Crippen LogP contribution in [-0.4, -0.2) is 17.6 Å². The number of ether oxygens (including phenoxy) is 1. The van der Waals surface area contributed by atoms with Gasteiger partial charge in [0.1, 0.15) is 11.3 Å². The van der Waals surface area contributed by atoms with Crippen LogP contribution in [0.1, 0.15) is 26.2 Å². The molecule has 1 aromatic heterocycles. The minimum absolute atomic E-state index is 0.291. The van der Waals surface area contributed by atoms with Crippen molar-refractivity contribution in [3.8, 4) is 5.75 Å². The molecule has 0 bridgehead atoms. The maximum atomic E-state index is 5.88. The summed E-state index contributed by atoms with van der Waals surface area (Å²) in [5.74, 6) is 0.859. The minimum atomic E-state index is 0.291. The van der Waals surface area contributed by atoms with Crippen molar-refractivity contribution in [3.05, 3.63) is 36.5 Å². The molecule has 1 heterocycles. The second-order valence-electron chi connectivity index (χ2n) is 4.49. The first-order valence-corrected chi connectivity index (χ1v) is 6.53. The Kier molecular flexibility index (Phi) is 4.53. The van der Waals surface area contributed by atoms with Gasteiger partial charge in [0.05, 0.1) is 6.61 Å². The molecule has 2 rings (SSSR count). The lowest BCUT2D eigenvalue weighted by Gasteiger charge is -2.10. The zero-order chi connectivity index (χ0) is 12.8. The van der Waals surface area contributed by atoms with E-state index in [4.69, 9.17) is 10.5 Å². The zero-order valence-corrected chi connectivity index (χ0v) is 10.8. The van der Waals surface area contributed by atoms with E-state index in [0.717, 1.165) is 35.9 Å². The molecule has 1 atom stereocenters. The van der Waals surface area contributed by atoms with Gasteiger partial charge in [-0.05, 0) is 31.4 Å². The van der Waals surface area contributed by atoms with Crippen LogP contribution >= 0.6 is 0 Å². The Bertz CT molecular complexity index is 493. The van der Waals surface area contributed by atoms with Gasteiger partial charge >= 0.3 is 0 Å². The maximum absolute atomic E-state index is 5.88. The van der Waals surface area contributed by atoms with Gasteiger partial charge in [0.2, 0.25) is 0 Å². The number of hydrogen-bond acceptors (Lipinski definition) is 3. The third-order valence-corrected chi connectivity index (χ3v) is 3.10. The van der Waals surface area contributed by atoms with Gasteiger partial charge in [0, 0.05) is 17.6 Å². The zero-order valence-electron chi connectivity index (χ0n) is 10.8. The quantitative estimate of drug-likeness (QED) is 0.794. The third-order valence-electron chi connectivity index (χ3n) is 3.10. The van der Waals surface area contributed by atoms with Crippen molar-refractivity contribution in [3.63, 3.8) is 0 Å². The van der Waals surface area contributed by atoms with Crippen molar-refractivity contribution < 1.29 is 4.74 Å². The van der Waals surface area contributed by atoms with E-state index in [1.807, 2.05) is 30.3 Å². The molecule has 2 aromatic rings. The van der Waals surface area contributed by atoms with E-state index < -0.39 is 0 Å². The molecule has 0 fully saturated rings. The molecule has 3 nitrogen and oxygen atoms in total. The Morgan fingerprint density at radius 3 is 2.94 bits per heavy atom. The number of para-hydroxylation sites is 1. The summed E-state index contributed by atoms with van der Waals surface area (Å²) in [6.45, 7) is 2.81. The number of pyridine rings is 1. The first-order valence-electron chi connectivity index (χ1n) is 6.53. The summed E-state index contributed by atoms with van der Waals surface area (Å²) in [5.41, 5.74) is 6.81. The Morgan fingerprint density at radius 2 is 2.11 bits per heavy atom. The number of fused-ring (bicyclic) bond motifs is 1. The molecule has 0 aliphatic rings. The van der Waals surface area contributed by atoms with Crippen LogP contribution < -0.4 is 10.5 Å². The van der Waals surface area contributed by atoms with Gasteiger partial charge in [-0.1, -0.05) is 25.1 Å². The van der Waals surface area contributed by atoms with Gasteiger partial charge in [-0.25, -0.2) is 0 Å². The van der Waals surface area contributed by atoms with Crippen LogP contribution in [0, 0.1) is 0 Å². The van der Waals surface area contributed by atoms with Crippen LogP contribution in [0.2, 0.25) is 0 Å². The van der Waals surface area contributed by atoms with E-state index in [2.05, 4.69) is 11.9 Å². The Labute approximate surface area is 108 Å². The molecule has 96 valence electrons. The summed E-state index contributed by atoms with van der Waals surface area (Å²) >= 11 is 0. The lowest BCUT2D eigenvalue weighted by atomic mass is 10.1.